The Morgan fingerprint density at radius 3 is 2.59 bits per heavy atom. The van der Waals surface area contributed by atoms with E-state index in [9.17, 15) is 13.2 Å². The molecular weight excluding hydrogens is 432 g/mol. The molecular formula is C23H28N2O6S. The minimum atomic E-state index is -3.81. The van der Waals surface area contributed by atoms with Crippen LogP contribution in [0, 0.1) is 0 Å². The van der Waals surface area contributed by atoms with Gasteiger partial charge in [-0.1, -0.05) is 6.42 Å². The first-order chi connectivity index (χ1) is 15.1. The molecule has 0 bridgehead atoms. The van der Waals surface area contributed by atoms with Gasteiger partial charge in [0.1, 0.15) is 10.6 Å². The fourth-order valence-electron chi connectivity index (χ4n) is 4.08. The lowest BCUT2D eigenvalue weighted by Crippen LogP contribution is -2.42. The van der Waals surface area contributed by atoms with Gasteiger partial charge in [-0.2, -0.15) is 4.31 Å². The van der Waals surface area contributed by atoms with Gasteiger partial charge in [-0.05, 0) is 50.1 Å². The predicted molar refractivity (Wildman–Crippen MR) is 120 cm³/mol. The Labute approximate surface area is 188 Å². The fraction of sp³-hybridized carbons (Fsp3) is 0.435. The Kier molecular flexibility index (Phi) is 5.81. The third-order valence-corrected chi connectivity index (χ3v) is 7.70. The van der Waals surface area contributed by atoms with Gasteiger partial charge in [-0.25, -0.2) is 8.42 Å². The van der Waals surface area contributed by atoms with Gasteiger partial charge in [-0.3, -0.25) is 4.79 Å². The molecule has 9 heteroatoms. The minimum absolute atomic E-state index is 0.00571. The zero-order valence-electron chi connectivity index (χ0n) is 18.7. The monoisotopic (exact) mass is 460 g/mol. The van der Waals surface area contributed by atoms with Gasteiger partial charge in [-0.15, -0.1) is 0 Å². The molecule has 8 nitrogen and oxygen atoms in total. The summed E-state index contributed by atoms with van der Waals surface area (Å²) in [7, 11) is -2.39. The van der Waals surface area contributed by atoms with E-state index in [1.54, 1.807) is 38.1 Å². The zero-order chi connectivity index (χ0) is 23.1. The molecule has 2 aliphatic rings. The molecule has 0 spiro atoms. The van der Waals surface area contributed by atoms with Crippen LogP contribution < -0.4 is 19.5 Å². The SMILES string of the molecule is COc1ccc(C(=O)Nc2ccc3c(c2)OC(C)(C)O3)cc1S(=O)(=O)N1CCCCC1C. The number of amides is 1. The maximum Gasteiger partial charge on any atom is 0.255 e. The summed E-state index contributed by atoms with van der Waals surface area (Å²) in [4.78, 5) is 12.9. The minimum Gasteiger partial charge on any atom is -0.495 e. The molecule has 2 heterocycles. The van der Waals surface area contributed by atoms with E-state index in [0.29, 0.717) is 23.7 Å². The van der Waals surface area contributed by atoms with E-state index in [1.165, 1.54) is 23.5 Å². The van der Waals surface area contributed by atoms with Crippen LogP contribution in [0.15, 0.2) is 41.3 Å². The second kappa shape index (κ2) is 8.29. The van der Waals surface area contributed by atoms with Crippen LogP contribution >= 0.6 is 0 Å². The number of fused-ring (bicyclic) bond motifs is 1. The molecule has 1 atom stereocenters. The Morgan fingerprint density at radius 1 is 1.12 bits per heavy atom. The van der Waals surface area contributed by atoms with Gasteiger partial charge in [0, 0.05) is 43.8 Å². The van der Waals surface area contributed by atoms with Gasteiger partial charge in [0.15, 0.2) is 11.5 Å². The summed E-state index contributed by atoms with van der Waals surface area (Å²) < 4.78 is 45.0. The lowest BCUT2D eigenvalue weighted by Gasteiger charge is -2.32. The highest BCUT2D eigenvalue weighted by molar-refractivity contribution is 7.89. The number of hydrogen-bond acceptors (Lipinski definition) is 6. The van der Waals surface area contributed by atoms with E-state index in [0.717, 1.165) is 19.3 Å². The van der Waals surface area contributed by atoms with Crippen LogP contribution in [0.3, 0.4) is 0 Å². The highest BCUT2D eigenvalue weighted by Gasteiger charge is 2.34. The summed E-state index contributed by atoms with van der Waals surface area (Å²) in [6.07, 6.45) is 2.62. The number of carbonyl (C=O) groups is 1. The van der Waals surface area contributed by atoms with Crippen molar-refractivity contribution >= 4 is 21.6 Å². The van der Waals surface area contributed by atoms with Crippen LogP contribution in [0.25, 0.3) is 0 Å². The summed E-state index contributed by atoms with van der Waals surface area (Å²) >= 11 is 0. The first kappa shape index (κ1) is 22.4. The topological polar surface area (TPSA) is 94.2 Å². The molecule has 2 aromatic rings. The van der Waals surface area contributed by atoms with Crippen molar-refractivity contribution in [3.05, 3.63) is 42.0 Å². The number of hydrogen-bond donors (Lipinski definition) is 1. The van der Waals surface area contributed by atoms with Crippen LogP contribution in [0.2, 0.25) is 0 Å². The molecule has 1 fully saturated rings. The highest BCUT2D eigenvalue weighted by Crippen LogP contribution is 2.40. The van der Waals surface area contributed by atoms with E-state index < -0.39 is 21.7 Å². The molecule has 2 aliphatic heterocycles. The number of nitrogens with one attached hydrogen (secondary N) is 1. The van der Waals surface area contributed by atoms with Crippen molar-refractivity contribution in [2.24, 2.45) is 0 Å². The number of sulfonamides is 1. The third kappa shape index (κ3) is 4.27. The van der Waals surface area contributed by atoms with Crippen molar-refractivity contribution in [3.63, 3.8) is 0 Å². The van der Waals surface area contributed by atoms with Crippen LogP contribution in [-0.4, -0.2) is 44.1 Å². The summed E-state index contributed by atoms with van der Waals surface area (Å²) in [6, 6.07) is 9.44. The Morgan fingerprint density at radius 2 is 1.88 bits per heavy atom. The van der Waals surface area contributed by atoms with Crippen molar-refractivity contribution in [2.75, 3.05) is 19.0 Å². The Bertz CT molecular complexity index is 1150. The number of rotatable bonds is 5. The molecule has 0 aromatic heterocycles. The Balaban J connectivity index is 1.61. The van der Waals surface area contributed by atoms with Crippen molar-refractivity contribution in [1.82, 2.24) is 4.31 Å². The van der Waals surface area contributed by atoms with E-state index in [-0.39, 0.29) is 22.3 Å². The van der Waals surface area contributed by atoms with E-state index >= 15 is 0 Å². The lowest BCUT2D eigenvalue weighted by molar-refractivity contribution is -0.0431. The number of nitrogens with zero attached hydrogens (tertiary/aromatic N) is 1. The smallest absolute Gasteiger partial charge is 0.255 e. The van der Waals surface area contributed by atoms with E-state index in [2.05, 4.69) is 5.32 Å². The van der Waals surface area contributed by atoms with Crippen LogP contribution in [0.1, 0.15) is 50.4 Å². The zero-order valence-corrected chi connectivity index (χ0v) is 19.5. The molecule has 2 aromatic carbocycles. The van der Waals surface area contributed by atoms with Crippen LogP contribution in [0.5, 0.6) is 17.2 Å². The average molecular weight is 461 g/mol. The number of piperidine rings is 1. The number of carbonyl (C=O) groups excluding carboxylic acids is 1. The van der Waals surface area contributed by atoms with E-state index in [1.807, 2.05) is 6.92 Å². The summed E-state index contributed by atoms with van der Waals surface area (Å²) in [5, 5.41) is 2.80. The second-order valence-electron chi connectivity index (χ2n) is 8.55. The van der Waals surface area contributed by atoms with Crippen molar-refractivity contribution in [1.29, 1.82) is 0 Å². The largest absolute Gasteiger partial charge is 0.495 e. The van der Waals surface area contributed by atoms with Crippen molar-refractivity contribution in [2.45, 2.75) is 56.8 Å². The summed E-state index contributed by atoms with van der Waals surface area (Å²) in [5.41, 5.74) is 0.729. The summed E-state index contributed by atoms with van der Waals surface area (Å²) in [6.45, 7) is 5.96. The molecule has 1 amide bonds. The van der Waals surface area contributed by atoms with Gasteiger partial charge >= 0.3 is 0 Å². The number of methoxy groups -OCH3 is 1. The quantitative estimate of drug-likeness (QED) is 0.724. The van der Waals surface area contributed by atoms with Crippen LogP contribution in [0.4, 0.5) is 5.69 Å². The first-order valence-corrected chi connectivity index (χ1v) is 12.1. The number of ether oxygens (including phenoxy) is 3. The van der Waals surface area contributed by atoms with E-state index in [4.69, 9.17) is 14.2 Å². The van der Waals surface area contributed by atoms with Crippen LogP contribution in [-0.2, 0) is 10.0 Å². The molecule has 0 aliphatic carbocycles. The molecule has 1 saturated heterocycles. The first-order valence-electron chi connectivity index (χ1n) is 10.6. The molecule has 32 heavy (non-hydrogen) atoms. The predicted octanol–water partition coefficient (Wildman–Crippen LogP) is 4.02. The Hall–Kier alpha value is -2.78. The van der Waals surface area contributed by atoms with Gasteiger partial charge in [0.25, 0.3) is 5.91 Å². The fourth-order valence-corrected chi connectivity index (χ4v) is 5.96. The molecule has 1 N–H and O–H groups in total. The second-order valence-corrected chi connectivity index (χ2v) is 10.4. The molecule has 1 unspecified atom stereocenters. The molecule has 0 saturated carbocycles. The van der Waals surface area contributed by atoms with Crippen molar-refractivity contribution in [3.8, 4) is 17.2 Å². The highest BCUT2D eigenvalue weighted by atomic mass is 32.2. The van der Waals surface area contributed by atoms with Gasteiger partial charge < -0.3 is 19.5 Å². The van der Waals surface area contributed by atoms with Gasteiger partial charge in [0.2, 0.25) is 15.8 Å². The normalized spacial score (nSPS) is 20.1. The maximum atomic E-state index is 13.4. The molecule has 172 valence electrons. The lowest BCUT2D eigenvalue weighted by atomic mass is 10.1. The van der Waals surface area contributed by atoms with Crippen molar-refractivity contribution < 1.29 is 27.4 Å². The third-order valence-electron chi connectivity index (χ3n) is 5.67. The summed E-state index contributed by atoms with van der Waals surface area (Å²) in [5.74, 6) is 0.139. The molecule has 0 radical (unpaired) electrons. The maximum absolute atomic E-state index is 13.4. The number of anilines is 1. The standard InChI is InChI=1S/C23H28N2O6S/c1-15-7-5-6-12-25(15)32(27,28)21-13-16(8-10-19(21)29-4)22(26)24-17-9-11-18-20(14-17)31-23(2,3)30-18/h8-11,13-15H,5-7,12H2,1-4H3,(H,24,26). The average Bonchev–Trinajstić information content (AvgIpc) is 3.06. The molecule has 4 rings (SSSR count). The van der Waals surface area contributed by atoms with Gasteiger partial charge in [0.05, 0.1) is 7.11 Å². The number of benzene rings is 2.